The molecule has 0 aromatic rings. The van der Waals surface area contributed by atoms with Crippen LogP contribution in [0.4, 0.5) is 0 Å². The Hall–Kier alpha value is -0.890. The molecule has 1 aliphatic carbocycles. The number of hydrogen-bond acceptors (Lipinski definition) is 5. The van der Waals surface area contributed by atoms with E-state index in [-0.39, 0.29) is 35.9 Å². The third-order valence-electron chi connectivity index (χ3n) is 7.36. The van der Waals surface area contributed by atoms with E-state index in [2.05, 4.69) is 15.5 Å². The predicted octanol–water partition coefficient (Wildman–Crippen LogP) is 0.827. The molecular weight excluding hydrogens is 390 g/mol. The van der Waals surface area contributed by atoms with Crippen LogP contribution in [0, 0.1) is 5.92 Å². The molecule has 0 radical (unpaired) electrons. The van der Waals surface area contributed by atoms with Crippen molar-refractivity contribution in [3.8, 4) is 0 Å². The van der Waals surface area contributed by atoms with E-state index in [9.17, 15) is 9.59 Å². The Balaban J connectivity index is 1.56. The Morgan fingerprint density at radius 2 is 1.93 bits per heavy atom. The molecule has 2 unspecified atom stereocenters. The highest BCUT2D eigenvalue weighted by Crippen LogP contribution is 2.37. The quantitative estimate of drug-likeness (QED) is 0.653. The number of amides is 2. The molecule has 3 heterocycles. The lowest BCUT2D eigenvalue weighted by Crippen LogP contribution is -2.71. The fraction of sp³-hybridized carbons (Fsp3) is 0.905. The van der Waals surface area contributed by atoms with Crippen LogP contribution < -0.4 is 10.6 Å². The van der Waals surface area contributed by atoms with Crippen molar-refractivity contribution >= 4 is 23.4 Å². The van der Waals surface area contributed by atoms with Gasteiger partial charge in [0.25, 0.3) is 5.91 Å². The molecule has 2 amide bonds. The zero-order valence-electron chi connectivity index (χ0n) is 17.8. The second kappa shape index (κ2) is 8.69. The molecule has 0 aromatic carbocycles. The molecule has 8 heteroatoms. The maximum absolute atomic E-state index is 13.7. The van der Waals surface area contributed by atoms with Gasteiger partial charge in [-0.05, 0) is 51.9 Å². The van der Waals surface area contributed by atoms with Gasteiger partial charge in [0, 0.05) is 50.7 Å². The normalized spacial score (nSPS) is 37.2. The van der Waals surface area contributed by atoms with Gasteiger partial charge in [-0.1, -0.05) is 0 Å². The van der Waals surface area contributed by atoms with Crippen LogP contribution in [0.3, 0.4) is 0 Å². The summed E-state index contributed by atoms with van der Waals surface area (Å²) in [5.41, 5.74) is -0.712. The van der Waals surface area contributed by atoms with E-state index in [1.165, 1.54) is 0 Å². The Kier molecular flexibility index (Phi) is 6.40. The first kappa shape index (κ1) is 21.3. The molecule has 2 N–H and O–H groups in total. The van der Waals surface area contributed by atoms with E-state index >= 15 is 0 Å². The number of nitrogens with one attached hydrogen (secondary N) is 2. The number of carbonyl (C=O) groups excluding carboxylic acids is 2. The van der Waals surface area contributed by atoms with Gasteiger partial charge in [0.05, 0.1) is 6.17 Å². The van der Waals surface area contributed by atoms with Crippen LogP contribution in [0.15, 0.2) is 0 Å². The van der Waals surface area contributed by atoms with E-state index < -0.39 is 5.54 Å². The summed E-state index contributed by atoms with van der Waals surface area (Å²) in [6.07, 6.45) is 5.08. The van der Waals surface area contributed by atoms with Crippen LogP contribution in [0.1, 0.15) is 46.0 Å². The first-order valence-corrected chi connectivity index (χ1v) is 11.8. The minimum Gasteiger partial charge on any atom is -0.329 e. The van der Waals surface area contributed by atoms with Crippen LogP contribution in [-0.4, -0.2) is 95.5 Å². The van der Waals surface area contributed by atoms with E-state index in [0.717, 1.165) is 58.3 Å². The zero-order chi connectivity index (χ0) is 20.6. The molecule has 4 rings (SSSR count). The van der Waals surface area contributed by atoms with Crippen LogP contribution in [-0.2, 0) is 9.59 Å². The van der Waals surface area contributed by atoms with Crippen molar-refractivity contribution < 1.29 is 9.59 Å². The fourth-order valence-corrected chi connectivity index (χ4v) is 5.81. The largest absolute Gasteiger partial charge is 0.329 e. The van der Waals surface area contributed by atoms with Crippen molar-refractivity contribution in [2.75, 3.05) is 45.8 Å². The van der Waals surface area contributed by atoms with Crippen molar-refractivity contribution in [3.05, 3.63) is 0 Å². The summed E-state index contributed by atoms with van der Waals surface area (Å²) in [5, 5.41) is 7.27. The summed E-state index contributed by atoms with van der Waals surface area (Å²) >= 11 is 6.30. The summed E-state index contributed by atoms with van der Waals surface area (Å²) in [7, 11) is 0. The lowest BCUT2D eigenvalue weighted by Gasteiger charge is -2.50. The van der Waals surface area contributed by atoms with E-state index in [1.807, 2.05) is 18.7 Å². The second-order valence-corrected chi connectivity index (χ2v) is 10.2. The van der Waals surface area contributed by atoms with Gasteiger partial charge in [0.1, 0.15) is 12.1 Å². The molecule has 0 aromatic heterocycles. The number of carbonyl (C=O) groups is 2. The number of nitrogens with zero attached hydrogens (tertiary/aromatic N) is 3. The monoisotopic (exact) mass is 425 g/mol. The van der Waals surface area contributed by atoms with Crippen LogP contribution in [0.2, 0.25) is 0 Å². The average molecular weight is 426 g/mol. The van der Waals surface area contributed by atoms with Gasteiger partial charge >= 0.3 is 0 Å². The highest BCUT2D eigenvalue weighted by atomic mass is 35.5. The van der Waals surface area contributed by atoms with Gasteiger partial charge in [-0.15, -0.1) is 11.6 Å². The van der Waals surface area contributed by atoms with Crippen LogP contribution in [0.5, 0.6) is 0 Å². The first-order chi connectivity index (χ1) is 13.9. The lowest BCUT2D eigenvalue weighted by atomic mass is 9.84. The Bertz CT molecular complexity index is 618. The van der Waals surface area contributed by atoms with Gasteiger partial charge in [0.15, 0.2) is 0 Å². The summed E-state index contributed by atoms with van der Waals surface area (Å²) in [5.74, 6) is 0.708. The molecule has 0 bridgehead atoms. The molecule has 4 fully saturated rings. The van der Waals surface area contributed by atoms with E-state index in [1.54, 1.807) is 4.90 Å². The van der Waals surface area contributed by atoms with Crippen molar-refractivity contribution in [1.29, 1.82) is 0 Å². The van der Waals surface area contributed by atoms with Crippen molar-refractivity contribution in [2.45, 2.75) is 69.1 Å². The minimum absolute atomic E-state index is 0.0423. The molecule has 2 atom stereocenters. The SMILES string of the molecule is CC(C)N1CC(=O)N(CC2CCC(Cl)CC2)C2(CCN(C3CNCCN3)C2)C1=O. The average Bonchev–Trinajstić information content (AvgIpc) is 3.16. The lowest BCUT2D eigenvalue weighted by molar-refractivity contribution is -0.167. The maximum Gasteiger partial charge on any atom is 0.250 e. The topological polar surface area (TPSA) is 67.9 Å². The standard InChI is InChI=1S/C21H36ClN5O2/c1-15(2)26-13-19(28)27(12-16-3-5-17(22)6-4-16)21(20(26)29)7-10-25(14-21)18-11-23-8-9-24-18/h15-18,23-24H,3-14H2,1-2H3. The van der Waals surface area contributed by atoms with Gasteiger partial charge in [-0.3, -0.25) is 19.8 Å². The molecule has 7 nitrogen and oxygen atoms in total. The second-order valence-electron chi connectivity index (χ2n) is 9.58. The third-order valence-corrected chi connectivity index (χ3v) is 7.80. The molecule has 1 saturated carbocycles. The molecule has 3 saturated heterocycles. The predicted molar refractivity (Wildman–Crippen MR) is 114 cm³/mol. The smallest absolute Gasteiger partial charge is 0.250 e. The number of piperazine rings is 2. The van der Waals surface area contributed by atoms with Crippen molar-refractivity contribution in [3.63, 3.8) is 0 Å². The van der Waals surface area contributed by atoms with Gasteiger partial charge < -0.3 is 15.1 Å². The zero-order valence-corrected chi connectivity index (χ0v) is 18.6. The van der Waals surface area contributed by atoms with Gasteiger partial charge in [0.2, 0.25) is 5.91 Å². The summed E-state index contributed by atoms with van der Waals surface area (Å²) in [6.45, 7) is 9.20. The molecule has 3 aliphatic heterocycles. The van der Waals surface area contributed by atoms with E-state index in [0.29, 0.717) is 19.0 Å². The fourth-order valence-electron chi connectivity index (χ4n) is 5.56. The van der Waals surface area contributed by atoms with Crippen LogP contribution >= 0.6 is 11.6 Å². The number of hydrogen-bond donors (Lipinski definition) is 2. The molecule has 164 valence electrons. The maximum atomic E-state index is 13.7. The molecular formula is C21H36ClN5O2. The number of halogens is 1. The molecule has 4 aliphatic rings. The van der Waals surface area contributed by atoms with Crippen molar-refractivity contribution in [1.82, 2.24) is 25.3 Å². The minimum atomic E-state index is -0.712. The Morgan fingerprint density at radius 1 is 1.17 bits per heavy atom. The van der Waals surface area contributed by atoms with Crippen LogP contribution in [0.25, 0.3) is 0 Å². The highest BCUT2D eigenvalue weighted by Gasteiger charge is 2.57. The number of rotatable bonds is 4. The Morgan fingerprint density at radius 3 is 2.59 bits per heavy atom. The summed E-state index contributed by atoms with van der Waals surface area (Å²) in [4.78, 5) is 33.2. The number of likely N-dealkylation sites (tertiary alicyclic amines) is 1. The highest BCUT2D eigenvalue weighted by molar-refractivity contribution is 6.20. The van der Waals surface area contributed by atoms with Crippen molar-refractivity contribution in [2.24, 2.45) is 5.92 Å². The number of alkyl halides is 1. The van der Waals surface area contributed by atoms with E-state index in [4.69, 9.17) is 11.6 Å². The Labute approximate surface area is 179 Å². The first-order valence-electron chi connectivity index (χ1n) is 11.3. The molecule has 29 heavy (non-hydrogen) atoms. The summed E-state index contributed by atoms with van der Waals surface area (Å²) < 4.78 is 0. The van der Waals surface area contributed by atoms with Gasteiger partial charge in [-0.2, -0.15) is 0 Å². The summed E-state index contributed by atoms with van der Waals surface area (Å²) in [6, 6.07) is 0.0423. The van der Waals surface area contributed by atoms with Gasteiger partial charge in [-0.25, -0.2) is 0 Å². The molecule has 1 spiro atoms. The third kappa shape index (κ3) is 4.16.